The highest BCUT2D eigenvalue weighted by Gasteiger charge is 2.18. The number of hydrogen-bond donors (Lipinski definition) is 2. The van der Waals surface area contributed by atoms with Gasteiger partial charge in [0.2, 0.25) is 0 Å². The molecule has 0 radical (unpaired) electrons. The molecule has 8 nitrogen and oxygen atoms in total. The smallest absolute Gasteiger partial charge is 0.305 e. The van der Waals surface area contributed by atoms with Crippen molar-refractivity contribution in [2.24, 2.45) is 5.41 Å². The zero-order valence-electron chi connectivity index (χ0n) is 31.1. The summed E-state index contributed by atoms with van der Waals surface area (Å²) in [4.78, 5) is 26.8. The number of nitrogens with zero attached hydrogens (tertiary/aromatic N) is 3. The Labute approximate surface area is 317 Å². The molecule has 1 atom stereocenters. The number of aliphatic hydroxyl groups is 1. The summed E-state index contributed by atoms with van der Waals surface area (Å²) in [7, 11) is 0. The molecule has 1 heterocycles. The van der Waals surface area contributed by atoms with Crippen molar-refractivity contribution in [2.75, 3.05) is 13.2 Å². The number of aromatic hydroxyl groups is 1. The van der Waals surface area contributed by atoms with E-state index in [0.717, 1.165) is 59.1 Å². The summed E-state index contributed by atoms with van der Waals surface area (Å²) in [6.07, 6.45) is 3.41. The summed E-state index contributed by atoms with van der Waals surface area (Å²) in [5.41, 5.74) is 6.61. The number of ether oxygens (including phenoxy) is 2. The lowest BCUT2D eigenvalue weighted by Gasteiger charge is -2.18. The van der Waals surface area contributed by atoms with E-state index in [1.54, 1.807) is 12.1 Å². The van der Waals surface area contributed by atoms with Crippen molar-refractivity contribution in [2.45, 2.75) is 59.0 Å². The van der Waals surface area contributed by atoms with Gasteiger partial charge in [0.25, 0.3) is 0 Å². The van der Waals surface area contributed by atoms with Crippen molar-refractivity contribution in [1.82, 2.24) is 15.0 Å². The van der Waals surface area contributed by atoms with Gasteiger partial charge in [-0.2, -0.15) is 0 Å². The number of esters is 1. The number of hydrogen-bond acceptors (Lipinski definition) is 8. The summed E-state index contributed by atoms with van der Waals surface area (Å²) in [6.45, 7) is 6.16. The molecular formula is C46H47N3O5. The Morgan fingerprint density at radius 3 is 1.63 bits per heavy atom. The van der Waals surface area contributed by atoms with Crippen molar-refractivity contribution in [1.29, 1.82) is 0 Å². The third-order valence-electron chi connectivity index (χ3n) is 9.09. The summed E-state index contributed by atoms with van der Waals surface area (Å²) >= 11 is 0. The maximum Gasteiger partial charge on any atom is 0.305 e. The highest BCUT2D eigenvalue weighted by molar-refractivity contribution is 5.74. The van der Waals surface area contributed by atoms with E-state index >= 15 is 0 Å². The van der Waals surface area contributed by atoms with E-state index in [0.29, 0.717) is 29.4 Å². The average Bonchev–Trinajstić information content (AvgIpc) is 3.19. The third-order valence-corrected chi connectivity index (χ3v) is 9.09. The SMILES string of the molecule is CC(C)(C)CCCCCC(=O)OCC(CO)Oc1ccc(-c2nc(-c3ccc(-c4ccccc4)cc3)nc(-c3ccc(-c4ccccc4)cc3)n2)c(O)c1. The molecule has 0 aliphatic heterocycles. The minimum absolute atomic E-state index is 0.105. The lowest BCUT2D eigenvalue weighted by molar-refractivity contribution is -0.146. The first-order chi connectivity index (χ1) is 26.1. The maximum absolute atomic E-state index is 12.3. The van der Waals surface area contributed by atoms with Crippen LogP contribution < -0.4 is 4.74 Å². The predicted molar refractivity (Wildman–Crippen MR) is 214 cm³/mol. The summed E-state index contributed by atoms with van der Waals surface area (Å²) in [6, 6.07) is 41.1. The van der Waals surface area contributed by atoms with Crippen LogP contribution in [-0.4, -0.2) is 50.5 Å². The zero-order chi connectivity index (χ0) is 37.9. The number of benzene rings is 5. The zero-order valence-corrected chi connectivity index (χ0v) is 31.1. The van der Waals surface area contributed by atoms with Gasteiger partial charge in [0.1, 0.15) is 18.1 Å². The first-order valence-electron chi connectivity index (χ1n) is 18.5. The molecule has 0 saturated carbocycles. The molecule has 5 aromatic carbocycles. The molecule has 1 unspecified atom stereocenters. The van der Waals surface area contributed by atoms with Gasteiger partial charge in [-0.3, -0.25) is 4.79 Å². The topological polar surface area (TPSA) is 115 Å². The molecule has 0 bridgehead atoms. The lowest BCUT2D eigenvalue weighted by atomic mass is 9.89. The average molecular weight is 722 g/mol. The van der Waals surface area contributed by atoms with Crippen LogP contribution in [0.3, 0.4) is 0 Å². The number of carbonyl (C=O) groups excluding carboxylic acids is 1. The minimum Gasteiger partial charge on any atom is -0.507 e. The molecule has 2 N–H and O–H groups in total. The molecule has 0 amide bonds. The van der Waals surface area contributed by atoms with Gasteiger partial charge in [-0.05, 0) is 52.6 Å². The fourth-order valence-corrected chi connectivity index (χ4v) is 6.09. The summed E-state index contributed by atoms with van der Waals surface area (Å²) in [5.74, 6) is 1.07. The van der Waals surface area contributed by atoms with Gasteiger partial charge >= 0.3 is 5.97 Å². The fraction of sp³-hybridized carbons (Fsp3) is 0.261. The second kappa shape index (κ2) is 17.8. The van der Waals surface area contributed by atoms with Crippen LogP contribution in [0.1, 0.15) is 52.9 Å². The van der Waals surface area contributed by atoms with Gasteiger partial charge in [-0.15, -0.1) is 0 Å². The van der Waals surface area contributed by atoms with E-state index in [1.807, 2.05) is 84.9 Å². The third kappa shape index (κ3) is 10.4. The quantitative estimate of drug-likeness (QED) is 0.0796. The standard InChI is InChI=1S/C46H47N3O5/c1-46(2,3)28-12-6-11-17-42(52)53-31-39(30-50)54-38-26-27-40(41(51)29-38)45-48-43(36-22-18-34(19-23-36)32-13-7-4-8-14-32)47-44(49-45)37-24-20-35(21-25-37)33-15-9-5-10-16-33/h4-5,7-10,13-16,18-27,29,39,50-51H,6,11-12,17,28,30-31H2,1-3H3. The molecule has 1 aromatic heterocycles. The Balaban J connectivity index is 1.21. The number of rotatable bonds is 15. The van der Waals surface area contributed by atoms with E-state index in [4.69, 9.17) is 24.4 Å². The molecule has 0 saturated heterocycles. The number of aliphatic hydroxyl groups excluding tert-OH is 1. The largest absolute Gasteiger partial charge is 0.507 e. The monoisotopic (exact) mass is 721 g/mol. The van der Waals surface area contributed by atoms with Crippen LogP contribution in [0.25, 0.3) is 56.4 Å². The fourth-order valence-electron chi connectivity index (χ4n) is 6.09. The van der Waals surface area contributed by atoms with Crippen LogP contribution in [0.4, 0.5) is 0 Å². The number of carbonyl (C=O) groups is 1. The molecule has 0 aliphatic rings. The van der Waals surface area contributed by atoms with Gasteiger partial charge in [-0.1, -0.05) is 143 Å². The molecule has 6 aromatic rings. The molecule has 0 fully saturated rings. The Morgan fingerprint density at radius 2 is 1.13 bits per heavy atom. The summed E-state index contributed by atoms with van der Waals surface area (Å²) < 4.78 is 11.3. The highest BCUT2D eigenvalue weighted by Crippen LogP contribution is 2.34. The van der Waals surface area contributed by atoms with Gasteiger partial charge < -0.3 is 19.7 Å². The van der Waals surface area contributed by atoms with Gasteiger partial charge in [0.15, 0.2) is 23.6 Å². The molecule has 6 rings (SSSR count). The van der Waals surface area contributed by atoms with Crippen molar-refractivity contribution in [3.63, 3.8) is 0 Å². The van der Waals surface area contributed by atoms with Crippen LogP contribution in [-0.2, 0) is 9.53 Å². The number of unbranched alkanes of at least 4 members (excludes halogenated alkanes) is 2. The molecule has 0 spiro atoms. The first kappa shape index (κ1) is 37.9. The molecule has 276 valence electrons. The Hall–Kier alpha value is -5.86. The first-order valence-corrected chi connectivity index (χ1v) is 18.5. The van der Waals surface area contributed by atoms with E-state index in [2.05, 4.69) is 45.0 Å². The van der Waals surface area contributed by atoms with Gasteiger partial charge in [-0.25, -0.2) is 15.0 Å². The van der Waals surface area contributed by atoms with Crippen molar-refractivity contribution in [3.05, 3.63) is 127 Å². The molecular weight excluding hydrogens is 675 g/mol. The van der Waals surface area contributed by atoms with E-state index < -0.39 is 6.10 Å². The Morgan fingerprint density at radius 1 is 0.630 bits per heavy atom. The van der Waals surface area contributed by atoms with Crippen LogP contribution >= 0.6 is 0 Å². The van der Waals surface area contributed by atoms with Crippen molar-refractivity contribution in [3.8, 4) is 67.9 Å². The lowest BCUT2D eigenvalue weighted by Crippen LogP contribution is -2.28. The number of aromatic nitrogens is 3. The van der Waals surface area contributed by atoms with Crippen molar-refractivity contribution < 1.29 is 24.5 Å². The number of phenolic OH excluding ortho intramolecular Hbond substituents is 1. The van der Waals surface area contributed by atoms with Gasteiger partial charge in [0.05, 0.1) is 12.2 Å². The van der Waals surface area contributed by atoms with E-state index in [9.17, 15) is 15.0 Å². The molecule has 0 aliphatic carbocycles. The van der Waals surface area contributed by atoms with Crippen LogP contribution in [0.5, 0.6) is 11.5 Å². The maximum atomic E-state index is 12.3. The second-order valence-corrected chi connectivity index (χ2v) is 14.6. The normalized spacial score (nSPS) is 11.9. The van der Waals surface area contributed by atoms with E-state index in [1.165, 1.54) is 6.07 Å². The van der Waals surface area contributed by atoms with Crippen LogP contribution in [0.15, 0.2) is 127 Å². The van der Waals surface area contributed by atoms with Crippen LogP contribution in [0.2, 0.25) is 0 Å². The second-order valence-electron chi connectivity index (χ2n) is 14.6. The minimum atomic E-state index is -0.798. The number of phenols is 1. The highest BCUT2D eigenvalue weighted by atomic mass is 16.6. The van der Waals surface area contributed by atoms with E-state index in [-0.39, 0.29) is 36.2 Å². The summed E-state index contributed by atoms with van der Waals surface area (Å²) in [5, 5.41) is 21.2. The molecule has 8 heteroatoms. The van der Waals surface area contributed by atoms with Crippen molar-refractivity contribution >= 4 is 5.97 Å². The Bertz CT molecular complexity index is 2010. The predicted octanol–water partition coefficient (Wildman–Crippen LogP) is 10.2. The van der Waals surface area contributed by atoms with Gasteiger partial charge in [0, 0.05) is 23.6 Å². The Kier molecular flexibility index (Phi) is 12.5. The van der Waals surface area contributed by atoms with Crippen LogP contribution in [0, 0.1) is 5.41 Å². The molecule has 54 heavy (non-hydrogen) atoms.